The first-order chi connectivity index (χ1) is 24.2. The third-order valence-electron chi connectivity index (χ3n) is 8.89. The van der Waals surface area contributed by atoms with Gasteiger partial charge < -0.3 is 0 Å². The highest BCUT2D eigenvalue weighted by atomic mass is 32.1. The minimum absolute atomic E-state index is 0.695. The van der Waals surface area contributed by atoms with Crippen molar-refractivity contribution in [2.24, 2.45) is 0 Å². The second kappa shape index (κ2) is 12.4. The van der Waals surface area contributed by atoms with Gasteiger partial charge in [-0.2, -0.15) is 0 Å². The van der Waals surface area contributed by atoms with Gasteiger partial charge in [0, 0.05) is 61.7 Å². The summed E-state index contributed by atoms with van der Waals surface area (Å²) in [5, 5.41) is 2.52. The Bertz CT molecular complexity index is 2580. The van der Waals surface area contributed by atoms with Gasteiger partial charge in [-0.05, 0) is 94.0 Å². The van der Waals surface area contributed by atoms with E-state index in [0.29, 0.717) is 5.82 Å². The van der Waals surface area contributed by atoms with Gasteiger partial charge in [0.25, 0.3) is 0 Å². The van der Waals surface area contributed by atoms with E-state index in [1.165, 1.54) is 20.2 Å². The summed E-state index contributed by atoms with van der Waals surface area (Å²) in [5.74, 6) is 0.695. The highest BCUT2D eigenvalue weighted by Gasteiger charge is 2.15. The second-order valence-electron chi connectivity index (χ2n) is 12.0. The average molecular weight is 645 g/mol. The summed E-state index contributed by atoms with van der Waals surface area (Å²) >= 11 is 1.82. The molecule has 0 atom stereocenters. The Balaban J connectivity index is 1.22. The Morgan fingerprint density at radius 3 is 1.71 bits per heavy atom. The lowest BCUT2D eigenvalue weighted by atomic mass is 9.94. The molecule has 230 valence electrons. The zero-order chi connectivity index (χ0) is 32.6. The molecule has 0 spiro atoms. The molecular formula is C44H28N4S. The van der Waals surface area contributed by atoms with Crippen LogP contribution in [0.15, 0.2) is 170 Å². The maximum absolute atomic E-state index is 5.20. The number of fused-ring (bicyclic) bond motifs is 3. The van der Waals surface area contributed by atoms with Gasteiger partial charge in [0.2, 0.25) is 0 Å². The summed E-state index contributed by atoms with van der Waals surface area (Å²) in [6.45, 7) is 0. The third kappa shape index (κ3) is 5.67. The summed E-state index contributed by atoms with van der Waals surface area (Å²) in [6.07, 6.45) is 7.37. The normalized spacial score (nSPS) is 11.3. The summed E-state index contributed by atoms with van der Waals surface area (Å²) in [4.78, 5) is 18.9. The fourth-order valence-corrected chi connectivity index (χ4v) is 7.47. The van der Waals surface area contributed by atoms with Crippen LogP contribution in [0.4, 0.5) is 0 Å². The van der Waals surface area contributed by atoms with Crippen LogP contribution in [-0.4, -0.2) is 19.9 Å². The summed E-state index contributed by atoms with van der Waals surface area (Å²) in [7, 11) is 0. The maximum Gasteiger partial charge on any atom is 0.160 e. The number of nitrogens with zero attached hydrogens (tertiary/aromatic N) is 4. The highest BCUT2D eigenvalue weighted by molar-refractivity contribution is 7.25. The lowest BCUT2D eigenvalue weighted by molar-refractivity contribution is 1.18. The molecule has 5 heteroatoms. The van der Waals surface area contributed by atoms with Gasteiger partial charge in [-0.25, -0.2) is 9.97 Å². The molecule has 0 unspecified atom stereocenters. The number of pyridine rings is 2. The Morgan fingerprint density at radius 2 is 0.959 bits per heavy atom. The predicted molar refractivity (Wildman–Crippen MR) is 203 cm³/mol. The van der Waals surface area contributed by atoms with Crippen molar-refractivity contribution in [3.8, 4) is 67.3 Å². The van der Waals surface area contributed by atoms with Gasteiger partial charge in [-0.1, -0.05) is 84.9 Å². The zero-order valence-electron chi connectivity index (χ0n) is 26.4. The molecule has 0 saturated heterocycles. The molecule has 0 radical (unpaired) electrons. The number of rotatable bonds is 6. The molecule has 0 N–H and O–H groups in total. The van der Waals surface area contributed by atoms with Crippen molar-refractivity contribution in [3.63, 3.8) is 0 Å². The van der Waals surface area contributed by atoms with Crippen LogP contribution in [0, 0.1) is 0 Å². The van der Waals surface area contributed by atoms with Gasteiger partial charge >= 0.3 is 0 Å². The van der Waals surface area contributed by atoms with Crippen molar-refractivity contribution in [2.45, 2.75) is 0 Å². The predicted octanol–water partition coefficient (Wildman–Crippen LogP) is 11.6. The average Bonchev–Trinajstić information content (AvgIpc) is 3.57. The first-order valence-corrected chi connectivity index (χ1v) is 17.0. The lowest BCUT2D eigenvalue weighted by Crippen LogP contribution is -1.96. The van der Waals surface area contributed by atoms with Crippen molar-refractivity contribution in [1.82, 2.24) is 19.9 Å². The summed E-state index contributed by atoms with van der Waals surface area (Å²) < 4.78 is 2.56. The van der Waals surface area contributed by atoms with E-state index >= 15 is 0 Å². The number of benzene rings is 5. The fourth-order valence-electron chi connectivity index (χ4n) is 6.39. The van der Waals surface area contributed by atoms with Crippen molar-refractivity contribution >= 4 is 31.5 Å². The van der Waals surface area contributed by atoms with Crippen LogP contribution in [0.2, 0.25) is 0 Å². The Morgan fingerprint density at radius 1 is 0.347 bits per heavy atom. The van der Waals surface area contributed by atoms with Crippen LogP contribution >= 0.6 is 11.3 Å². The van der Waals surface area contributed by atoms with E-state index in [1.54, 1.807) is 6.20 Å². The topological polar surface area (TPSA) is 51.6 Å². The Hall–Kier alpha value is -6.30. The standard InChI is InChI=1S/C44H28N4S/c1-2-7-32(8-3-1)44-47-40(33-16-17-43-39(26-33)38-10-4-5-11-42(38)49-43)27-41(48-44)37-24-35(23-36(25-37)31-18-21-45-22-19-31)30-14-12-29(13-15-30)34-9-6-20-46-28-34/h1-28H. The molecule has 0 aliphatic rings. The highest BCUT2D eigenvalue weighted by Crippen LogP contribution is 2.38. The van der Waals surface area contributed by atoms with Gasteiger partial charge in [0.15, 0.2) is 5.82 Å². The van der Waals surface area contributed by atoms with Crippen LogP contribution in [0.3, 0.4) is 0 Å². The van der Waals surface area contributed by atoms with E-state index < -0.39 is 0 Å². The molecule has 4 nitrogen and oxygen atoms in total. The van der Waals surface area contributed by atoms with Crippen molar-refractivity contribution < 1.29 is 0 Å². The second-order valence-corrected chi connectivity index (χ2v) is 13.1. The Labute approximate surface area is 288 Å². The largest absolute Gasteiger partial charge is 0.265 e. The first kappa shape index (κ1) is 28.9. The number of hydrogen-bond donors (Lipinski definition) is 0. The van der Waals surface area contributed by atoms with E-state index in [0.717, 1.165) is 61.5 Å². The molecule has 0 fully saturated rings. The van der Waals surface area contributed by atoms with Gasteiger partial charge in [-0.3, -0.25) is 9.97 Å². The number of hydrogen-bond acceptors (Lipinski definition) is 5. The molecule has 4 aromatic heterocycles. The van der Waals surface area contributed by atoms with Crippen LogP contribution < -0.4 is 0 Å². The quantitative estimate of drug-likeness (QED) is 0.181. The zero-order valence-corrected chi connectivity index (χ0v) is 27.2. The smallest absolute Gasteiger partial charge is 0.160 e. The molecular weight excluding hydrogens is 617 g/mol. The molecule has 0 aliphatic carbocycles. The van der Waals surface area contributed by atoms with Crippen LogP contribution in [0.5, 0.6) is 0 Å². The third-order valence-corrected chi connectivity index (χ3v) is 10.0. The summed E-state index contributed by atoms with van der Waals surface area (Å²) in [5.41, 5.74) is 11.5. The first-order valence-electron chi connectivity index (χ1n) is 16.2. The molecule has 0 aliphatic heterocycles. The molecule has 9 rings (SSSR count). The van der Waals surface area contributed by atoms with Crippen LogP contribution in [0.1, 0.15) is 0 Å². The van der Waals surface area contributed by atoms with Gasteiger partial charge in [-0.15, -0.1) is 11.3 Å². The number of thiophene rings is 1. The molecule has 5 aromatic carbocycles. The molecule has 49 heavy (non-hydrogen) atoms. The molecule has 0 bridgehead atoms. The molecule has 0 amide bonds. The fraction of sp³-hybridized carbons (Fsp3) is 0. The van der Waals surface area contributed by atoms with Crippen LogP contribution in [-0.2, 0) is 0 Å². The molecule has 0 saturated carbocycles. The SMILES string of the molecule is c1ccc(-c2nc(-c3cc(-c4ccncc4)cc(-c4ccc(-c5cccnc5)cc4)c3)cc(-c3ccc4sc5ccccc5c4c3)n2)cc1. The minimum atomic E-state index is 0.695. The van der Waals surface area contributed by atoms with Crippen molar-refractivity contribution in [1.29, 1.82) is 0 Å². The maximum atomic E-state index is 5.20. The minimum Gasteiger partial charge on any atom is -0.265 e. The van der Waals surface area contributed by atoms with E-state index in [9.17, 15) is 0 Å². The number of aromatic nitrogens is 4. The van der Waals surface area contributed by atoms with E-state index in [4.69, 9.17) is 9.97 Å². The van der Waals surface area contributed by atoms with E-state index in [-0.39, 0.29) is 0 Å². The van der Waals surface area contributed by atoms with Crippen molar-refractivity contribution in [3.05, 3.63) is 170 Å². The monoisotopic (exact) mass is 644 g/mol. The molecule has 9 aromatic rings. The lowest BCUT2D eigenvalue weighted by Gasteiger charge is -2.13. The molecule has 4 heterocycles. The van der Waals surface area contributed by atoms with Gasteiger partial charge in [0.1, 0.15) is 0 Å². The van der Waals surface area contributed by atoms with E-state index in [1.807, 2.05) is 54.2 Å². The van der Waals surface area contributed by atoms with E-state index in [2.05, 4.69) is 131 Å². The van der Waals surface area contributed by atoms with Crippen LogP contribution in [0.25, 0.3) is 87.5 Å². The summed E-state index contributed by atoms with van der Waals surface area (Å²) in [6, 6.07) is 51.2. The van der Waals surface area contributed by atoms with Gasteiger partial charge in [0.05, 0.1) is 11.4 Å². The Kier molecular flexibility index (Phi) is 7.30. The van der Waals surface area contributed by atoms with Crippen molar-refractivity contribution in [2.75, 3.05) is 0 Å².